The normalized spacial score (nSPS) is 15.5. The van der Waals surface area contributed by atoms with E-state index in [0.717, 1.165) is 79.0 Å². The fraction of sp³-hybridized carbons (Fsp3) is 0.273. The Hall–Kier alpha value is -4.16. The number of aromatic nitrogens is 2. The van der Waals surface area contributed by atoms with Gasteiger partial charge in [0.2, 0.25) is 5.95 Å². The maximum absolute atomic E-state index is 5.60. The monoisotopic (exact) mass is 519 g/mol. The largest absolute Gasteiger partial charge is 0.385 e. The van der Waals surface area contributed by atoms with Crippen LogP contribution >= 0.6 is 0 Å². The lowest BCUT2D eigenvalue weighted by atomic mass is 10.0. The van der Waals surface area contributed by atoms with Crippen LogP contribution in [0.25, 0.3) is 17.0 Å². The molecule has 1 N–H and O–H groups in total. The van der Waals surface area contributed by atoms with E-state index in [1.807, 2.05) is 25.1 Å². The number of hydrogen-bond donors (Lipinski definition) is 1. The fourth-order valence-corrected chi connectivity index (χ4v) is 5.12. The van der Waals surface area contributed by atoms with Crippen LogP contribution in [0.3, 0.4) is 0 Å². The van der Waals surface area contributed by atoms with Crippen LogP contribution in [0.1, 0.15) is 23.6 Å². The van der Waals surface area contributed by atoms with E-state index in [0.29, 0.717) is 13.2 Å². The Morgan fingerprint density at radius 2 is 1.87 bits per heavy atom. The lowest BCUT2D eigenvalue weighted by Crippen LogP contribution is -2.37. The quantitative estimate of drug-likeness (QED) is 0.342. The van der Waals surface area contributed by atoms with E-state index in [-0.39, 0.29) is 0 Å². The number of rotatable bonds is 10. The molecule has 0 atom stereocenters. The van der Waals surface area contributed by atoms with Crippen LogP contribution in [-0.2, 0) is 17.6 Å². The average Bonchev–Trinajstić information content (AvgIpc) is 3.41. The van der Waals surface area contributed by atoms with Crippen LogP contribution in [-0.4, -0.2) is 49.4 Å². The predicted molar refractivity (Wildman–Crippen MR) is 162 cm³/mol. The Labute approximate surface area is 232 Å². The van der Waals surface area contributed by atoms with Crippen molar-refractivity contribution in [3.05, 3.63) is 114 Å². The summed E-state index contributed by atoms with van der Waals surface area (Å²) >= 11 is 0. The van der Waals surface area contributed by atoms with Gasteiger partial charge in [-0.05, 0) is 49.1 Å². The summed E-state index contributed by atoms with van der Waals surface area (Å²) in [6.45, 7) is 14.9. The number of benzene rings is 2. The second-order valence-corrected chi connectivity index (χ2v) is 9.72. The molecule has 0 aliphatic carbocycles. The van der Waals surface area contributed by atoms with Crippen molar-refractivity contribution in [2.75, 3.05) is 49.2 Å². The van der Waals surface area contributed by atoms with Crippen molar-refractivity contribution < 1.29 is 4.74 Å². The highest BCUT2D eigenvalue weighted by Crippen LogP contribution is 2.38. The van der Waals surface area contributed by atoms with Gasteiger partial charge in [-0.2, -0.15) is 4.98 Å². The summed E-state index contributed by atoms with van der Waals surface area (Å²) < 4.78 is 5.60. The van der Waals surface area contributed by atoms with Crippen molar-refractivity contribution in [1.29, 1.82) is 0 Å². The molecule has 1 aromatic heterocycles. The molecule has 200 valence electrons. The number of hydrogen-bond acceptors (Lipinski definition) is 6. The lowest BCUT2D eigenvalue weighted by Gasteiger charge is -2.28. The Bertz CT molecular complexity index is 1370. The first-order valence-electron chi connectivity index (χ1n) is 13.7. The van der Waals surface area contributed by atoms with Gasteiger partial charge in [0.25, 0.3) is 0 Å². The molecule has 2 aliphatic rings. The molecule has 0 saturated carbocycles. The molecule has 6 nitrogen and oxygen atoms in total. The molecule has 3 aromatic rings. The summed E-state index contributed by atoms with van der Waals surface area (Å²) in [5.41, 5.74) is 7.61. The van der Waals surface area contributed by atoms with Crippen molar-refractivity contribution in [1.82, 2.24) is 15.3 Å². The van der Waals surface area contributed by atoms with Crippen LogP contribution in [0.4, 0.5) is 11.8 Å². The minimum absolute atomic E-state index is 0.684. The number of morpholine rings is 1. The Morgan fingerprint density at radius 3 is 2.64 bits per heavy atom. The van der Waals surface area contributed by atoms with Gasteiger partial charge in [-0.25, -0.2) is 4.98 Å². The van der Waals surface area contributed by atoms with E-state index in [9.17, 15) is 0 Å². The second-order valence-electron chi connectivity index (χ2n) is 9.72. The molecule has 1 saturated heterocycles. The van der Waals surface area contributed by atoms with Gasteiger partial charge in [-0.1, -0.05) is 73.8 Å². The summed E-state index contributed by atoms with van der Waals surface area (Å²) in [5.74, 6) is 1.72. The second kappa shape index (κ2) is 12.6. The smallest absolute Gasteiger partial charge is 0.228 e. The lowest BCUT2D eigenvalue weighted by molar-refractivity contribution is 0.122. The van der Waals surface area contributed by atoms with E-state index in [4.69, 9.17) is 14.7 Å². The molecule has 3 heterocycles. The molecular formula is C33H37N5O. The zero-order valence-electron chi connectivity index (χ0n) is 22.8. The predicted octanol–water partition coefficient (Wildman–Crippen LogP) is 5.79. The van der Waals surface area contributed by atoms with Gasteiger partial charge < -0.3 is 19.9 Å². The first-order valence-corrected chi connectivity index (χ1v) is 13.7. The van der Waals surface area contributed by atoms with Gasteiger partial charge >= 0.3 is 0 Å². The van der Waals surface area contributed by atoms with Gasteiger partial charge in [-0.15, -0.1) is 0 Å². The molecule has 5 rings (SSSR count). The van der Waals surface area contributed by atoms with E-state index in [2.05, 4.69) is 89.0 Å². The first-order chi connectivity index (χ1) is 19.2. The highest BCUT2D eigenvalue weighted by Gasteiger charge is 2.29. The van der Waals surface area contributed by atoms with Gasteiger partial charge in [-0.3, -0.25) is 0 Å². The van der Waals surface area contributed by atoms with Gasteiger partial charge in [0.15, 0.2) is 0 Å². The molecule has 0 bridgehead atoms. The number of fused-ring (bicyclic) bond motifs is 1. The number of nitrogens with one attached hydrogen (secondary N) is 1. The van der Waals surface area contributed by atoms with Crippen LogP contribution < -0.4 is 15.1 Å². The molecule has 0 amide bonds. The van der Waals surface area contributed by atoms with Crippen LogP contribution in [0.5, 0.6) is 0 Å². The highest BCUT2D eigenvalue weighted by atomic mass is 16.5. The van der Waals surface area contributed by atoms with Crippen LogP contribution in [0.15, 0.2) is 97.8 Å². The third kappa shape index (κ3) is 6.13. The molecule has 6 heteroatoms. The van der Waals surface area contributed by atoms with Gasteiger partial charge in [0.05, 0.1) is 18.9 Å². The number of allylic oxidation sites excluding steroid dienone is 4. The van der Waals surface area contributed by atoms with E-state index in [1.165, 1.54) is 11.1 Å². The van der Waals surface area contributed by atoms with Crippen molar-refractivity contribution in [3.63, 3.8) is 0 Å². The van der Waals surface area contributed by atoms with Crippen LogP contribution in [0, 0.1) is 0 Å². The molecule has 0 spiro atoms. The SMILES string of the molecule is C=C/C=C(\C=C/C)N1CCc2c(-c3cccc(C(=C)NCCc4ccccc4)c3)nc(N3CCOCC3)nc21. The van der Waals surface area contributed by atoms with Crippen molar-refractivity contribution in [2.45, 2.75) is 19.8 Å². The third-order valence-corrected chi connectivity index (χ3v) is 7.13. The van der Waals surface area contributed by atoms with Crippen LogP contribution in [0.2, 0.25) is 0 Å². The Kier molecular flexibility index (Phi) is 8.54. The Balaban J connectivity index is 1.47. The standard InChI is InChI=1S/C33H37N5O/c1-4-10-29(11-5-2)38-19-17-30-31(35-33(36-32(30)38)37-20-22-39-23-21-37)28-15-9-14-27(24-28)25(3)34-18-16-26-12-7-6-8-13-26/h4-15,24,34H,1,3,16-23H2,2H3/b11-5-,29-10+. The first kappa shape index (κ1) is 26.4. The molecule has 2 aliphatic heterocycles. The summed E-state index contributed by atoms with van der Waals surface area (Å²) in [5, 5.41) is 3.51. The van der Waals surface area contributed by atoms with Crippen molar-refractivity contribution >= 4 is 17.5 Å². The molecule has 39 heavy (non-hydrogen) atoms. The fourth-order valence-electron chi connectivity index (χ4n) is 5.12. The number of anilines is 2. The van der Waals surface area contributed by atoms with E-state index >= 15 is 0 Å². The van der Waals surface area contributed by atoms with Gasteiger partial charge in [0, 0.05) is 48.7 Å². The minimum atomic E-state index is 0.684. The topological polar surface area (TPSA) is 53.5 Å². The zero-order chi connectivity index (χ0) is 27.0. The molecule has 0 radical (unpaired) electrons. The zero-order valence-corrected chi connectivity index (χ0v) is 22.8. The third-order valence-electron chi connectivity index (χ3n) is 7.13. The van der Waals surface area contributed by atoms with Gasteiger partial charge in [0.1, 0.15) is 5.82 Å². The number of nitrogens with zero attached hydrogens (tertiary/aromatic N) is 4. The summed E-state index contributed by atoms with van der Waals surface area (Å²) in [7, 11) is 0. The van der Waals surface area contributed by atoms with Crippen molar-refractivity contribution in [3.8, 4) is 11.3 Å². The maximum Gasteiger partial charge on any atom is 0.228 e. The minimum Gasteiger partial charge on any atom is -0.385 e. The van der Waals surface area contributed by atoms with Crippen molar-refractivity contribution in [2.24, 2.45) is 0 Å². The number of ether oxygens (including phenoxy) is 1. The molecule has 1 fully saturated rings. The van der Waals surface area contributed by atoms with E-state index in [1.54, 1.807) is 0 Å². The molecule has 0 unspecified atom stereocenters. The summed E-state index contributed by atoms with van der Waals surface area (Å²) in [4.78, 5) is 14.8. The maximum atomic E-state index is 5.60. The average molecular weight is 520 g/mol. The summed E-state index contributed by atoms with van der Waals surface area (Å²) in [6.07, 6.45) is 9.86. The van der Waals surface area contributed by atoms with E-state index < -0.39 is 0 Å². The molecular weight excluding hydrogens is 482 g/mol. The summed E-state index contributed by atoms with van der Waals surface area (Å²) in [6, 6.07) is 19.0. The highest BCUT2D eigenvalue weighted by molar-refractivity contribution is 5.77. The molecule has 2 aromatic carbocycles. The Morgan fingerprint density at radius 1 is 1.05 bits per heavy atom.